The molecular weight excluding hydrogens is 295 g/mol. The van der Waals surface area contributed by atoms with Crippen molar-refractivity contribution in [3.8, 4) is 0 Å². The molecule has 0 aromatic carbocycles. The average molecular weight is 308 g/mol. The molecule has 78 valence electrons. The van der Waals surface area contributed by atoms with Crippen molar-refractivity contribution in [1.82, 2.24) is 9.78 Å². The molecule has 0 saturated heterocycles. The van der Waals surface area contributed by atoms with Crippen LogP contribution >= 0.6 is 22.6 Å². The topological polar surface area (TPSA) is 44.1 Å². The maximum atomic E-state index is 11.6. The lowest BCUT2D eigenvalue weighted by Gasteiger charge is -2.19. The van der Waals surface area contributed by atoms with Crippen LogP contribution in [0.3, 0.4) is 0 Å². The maximum Gasteiger partial charge on any atom is 0.435 e. The van der Waals surface area contributed by atoms with Crippen molar-refractivity contribution in [2.75, 3.05) is 0 Å². The molecule has 4 nitrogen and oxygen atoms in total. The Hall–Kier alpha value is -0.590. The van der Waals surface area contributed by atoms with E-state index in [9.17, 15) is 4.79 Å². The number of halogens is 1. The molecule has 0 aliphatic carbocycles. The second-order valence-electron chi connectivity index (χ2n) is 3.97. The van der Waals surface area contributed by atoms with Crippen molar-refractivity contribution in [3.63, 3.8) is 0 Å². The quantitative estimate of drug-likeness (QED) is 0.692. The van der Waals surface area contributed by atoms with Gasteiger partial charge in [-0.15, -0.1) is 0 Å². The van der Waals surface area contributed by atoms with Crippen LogP contribution in [0.2, 0.25) is 0 Å². The van der Waals surface area contributed by atoms with Crippen LogP contribution in [-0.2, 0) is 4.74 Å². The van der Waals surface area contributed by atoms with Gasteiger partial charge in [-0.3, -0.25) is 0 Å². The number of hydrogen-bond acceptors (Lipinski definition) is 3. The van der Waals surface area contributed by atoms with Gasteiger partial charge in [-0.05, 0) is 50.3 Å². The first-order chi connectivity index (χ1) is 6.31. The normalized spacial score (nSPS) is 11.5. The fraction of sp³-hybridized carbons (Fsp3) is 0.556. The second kappa shape index (κ2) is 3.88. The number of ether oxygens (including phenoxy) is 1. The molecule has 0 N–H and O–H groups in total. The predicted octanol–water partition coefficient (Wildman–Crippen LogP) is 2.58. The Labute approximate surface area is 96.8 Å². The van der Waals surface area contributed by atoms with E-state index in [-0.39, 0.29) is 0 Å². The highest BCUT2D eigenvalue weighted by Gasteiger charge is 2.20. The first-order valence-corrected chi connectivity index (χ1v) is 5.32. The predicted molar refractivity (Wildman–Crippen MR) is 61.3 cm³/mol. The second-order valence-corrected chi connectivity index (χ2v) is 5.13. The van der Waals surface area contributed by atoms with Gasteiger partial charge in [-0.25, -0.2) is 4.79 Å². The van der Waals surface area contributed by atoms with Crippen LogP contribution in [0.15, 0.2) is 6.20 Å². The lowest BCUT2D eigenvalue weighted by Crippen LogP contribution is -2.28. The fourth-order valence-electron chi connectivity index (χ4n) is 0.879. The summed E-state index contributed by atoms with van der Waals surface area (Å²) in [6.07, 6.45) is 1.21. The molecule has 0 atom stereocenters. The fourth-order valence-corrected chi connectivity index (χ4v) is 1.23. The molecule has 0 bridgehead atoms. The molecule has 0 unspecified atom stereocenters. The number of aromatic nitrogens is 2. The molecule has 5 heteroatoms. The Morgan fingerprint density at radius 2 is 2.14 bits per heavy atom. The van der Waals surface area contributed by atoms with E-state index in [1.165, 1.54) is 4.68 Å². The van der Waals surface area contributed by atoms with E-state index in [2.05, 4.69) is 27.7 Å². The van der Waals surface area contributed by atoms with Gasteiger partial charge >= 0.3 is 6.09 Å². The molecule has 1 aromatic heterocycles. The Kier molecular flexibility index (Phi) is 3.18. The number of rotatable bonds is 0. The molecule has 0 aliphatic heterocycles. The third-order valence-corrected chi connectivity index (χ3v) is 2.58. The summed E-state index contributed by atoms with van der Waals surface area (Å²) in [4.78, 5) is 11.6. The zero-order valence-electron chi connectivity index (χ0n) is 8.67. The van der Waals surface area contributed by atoms with Crippen LogP contribution in [0.25, 0.3) is 0 Å². The molecule has 0 amide bonds. The van der Waals surface area contributed by atoms with Crippen LogP contribution in [0.5, 0.6) is 0 Å². The SMILES string of the molecule is Cc1c(I)cnn1C(=O)OC(C)(C)C. The summed E-state index contributed by atoms with van der Waals surface area (Å²) in [6, 6.07) is 0. The lowest BCUT2D eigenvalue weighted by atomic mass is 10.2. The van der Waals surface area contributed by atoms with Crippen molar-refractivity contribution in [2.45, 2.75) is 33.3 Å². The van der Waals surface area contributed by atoms with Crippen molar-refractivity contribution >= 4 is 28.7 Å². The molecule has 0 spiro atoms. The van der Waals surface area contributed by atoms with Crippen molar-refractivity contribution in [1.29, 1.82) is 0 Å². The van der Waals surface area contributed by atoms with Gasteiger partial charge in [-0.2, -0.15) is 9.78 Å². The van der Waals surface area contributed by atoms with Gasteiger partial charge < -0.3 is 4.74 Å². The monoisotopic (exact) mass is 308 g/mol. The summed E-state index contributed by atoms with van der Waals surface area (Å²) in [5.74, 6) is 0. The summed E-state index contributed by atoms with van der Waals surface area (Å²) < 4.78 is 7.40. The van der Waals surface area contributed by atoms with Crippen LogP contribution in [0.1, 0.15) is 26.5 Å². The van der Waals surface area contributed by atoms with Crippen molar-refractivity contribution in [3.05, 3.63) is 15.5 Å². The molecule has 0 radical (unpaired) electrons. The number of carbonyl (C=O) groups excluding carboxylic acids is 1. The molecule has 1 heterocycles. The molecule has 14 heavy (non-hydrogen) atoms. The van der Waals surface area contributed by atoms with E-state index in [0.29, 0.717) is 0 Å². The van der Waals surface area contributed by atoms with E-state index in [4.69, 9.17) is 4.74 Å². The zero-order valence-corrected chi connectivity index (χ0v) is 10.8. The van der Waals surface area contributed by atoms with Crippen molar-refractivity contribution in [2.24, 2.45) is 0 Å². The van der Waals surface area contributed by atoms with Crippen LogP contribution < -0.4 is 0 Å². The van der Waals surface area contributed by atoms with Gasteiger partial charge in [0.1, 0.15) is 5.60 Å². The van der Waals surface area contributed by atoms with Crippen LogP contribution in [0.4, 0.5) is 4.79 Å². The van der Waals surface area contributed by atoms with Crippen LogP contribution in [-0.4, -0.2) is 21.5 Å². The summed E-state index contributed by atoms with van der Waals surface area (Å²) in [6.45, 7) is 7.32. The number of hydrogen-bond donors (Lipinski definition) is 0. The number of carbonyl (C=O) groups is 1. The third kappa shape index (κ3) is 2.70. The molecule has 1 rings (SSSR count). The lowest BCUT2D eigenvalue weighted by molar-refractivity contribution is 0.0511. The minimum absolute atomic E-state index is 0.432. The Morgan fingerprint density at radius 3 is 2.50 bits per heavy atom. The standard InChI is InChI=1S/C9H13IN2O2/c1-6-7(10)5-11-12(6)8(13)14-9(2,3)4/h5H,1-4H3. The Bertz CT molecular complexity index is 352. The molecule has 1 aromatic rings. The van der Waals surface area contributed by atoms with E-state index in [1.807, 2.05) is 27.7 Å². The first-order valence-electron chi connectivity index (χ1n) is 4.25. The number of nitrogens with zero attached hydrogens (tertiary/aromatic N) is 2. The Morgan fingerprint density at radius 1 is 1.57 bits per heavy atom. The minimum atomic E-state index is -0.485. The Balaban J connectivity index is 2.86. The van der Waals surface area contributed by atoms with E-state index < -0.39 is 11.7 Å². The summed E-state index contributed by atoms with van der Waals surface area (Å²) in [7, 11) is 0. The van der Waals surface area contributed by atoms with Gasteiger partial charge in [0.15, 0.2) is 0 Å². The summed E-state index contributed by atoms with van der Waals surface area (Å²) in [5, 5.41) is 3.93. The van der Waals surface area contributed by atoms with E-state index >= 15 is 0 Å². The highest BCUT2D eigenvalue weighted by atomic mass is 127. The average Bonchev–Trinajstić information content (AvgIpc) is 2.29. The zero-order chi connectivity index (χ0) is 10.9. The van der Waals surface area contributed by atoms with Gasteiger partial charge in [0.2, 0.25) is 0 Å². The van der Waals surface area contributed by atoms with E-state index in [1.54, 1.807) is 6.20 Å². The highest BCUT2D eigenvalue weighted by Crippen LogP contribution is 2.13. The summed E-state index contributed by atoms with van der Waals surface area (Å²) in [5.41, 5.74) is 0.320. The molecular formula is C9H13IN2O2. The van der Waals surface area contributed by atoms with E-state index in [0.717, 1.165) is 9.26 Å². The molecule has 0 fully saturated rings. The van der Waals surface area contributed by atoms with Gasteiger partial charge in [0, 0.05) is 0 Å². The van der Waals surface area contributed by atoms with Gasteiger partial charge in [-0.1, -0.05) is 0 Å². The minimum Gasteiger partial charge on any atom is -0.442 e. The third-order valence-electron chi connectivity index (χ3n) is 1.52. The molecule has 0 aliphatic rings. The highest BCUT2D eigenvalue weighted by molar-refractivity contribution is 14.1. The van der Waals surface area contributed by atoms with Gasteiger partial charge in [0.25, 0.3) is 0 Å². The smallest absolute Gasteiger partial charge is 0.435 e. The van der Waals surface area contributed by atoms with Gasteiger partial charge in [0.05, 0.1) is 15.5 Å². The largest absolute Gasteiger partial charge is 0.442 e. The summed E-state index contributed by atoms with van der Waals surface area (Å²) >= 11 is 2.12. The van der Waals surface area contributed by atoms with Crippen LogP contribution in [0, 0.1) is 10.5 Å². The maximum absolute atomic E-state index is 11.6. The van der Waals surface area contributed by atoms with Crippen molar-refractivity contribution < 1.29 is 9.53 Å². The molecule has 0 saturated carbocycles. The first kappa shape index (κ1) is 11.5.